The van der Waals surface area contributed by atoms with Gasteiger partial charge in [0, 0.05) is 24.3 Å². The number of ether oxygens (including phenoxy) is 2. The van der Waals surface area contributed by atoms with Gasteiger partial charge in [-0.2, -0.15) is 25.3 Å². The summed E-state index contributed by atoms with van der Waals surface area (Å²) in [4.78, 5) is 89.3. The molecule has 0 aromatic rings. The fourth-order valence-corrected chi connectivity index (χ4v) is 2.96. The highest BCUT2D eigenvalue weighted by molar-refractivity contribution is 7.80. The first kappa shape index (κ1) is 40.5. The number of nitrogens with two attached hydrogens (primary N) is 2. The smallest absolute Gasteiger partial charge is 0.325 e. The molecule has 20 heteroatoms. The summed E-state index contributed by atoms with van der Waals surface area (Å²) in [7, 11) is 2.36. The number of carbonyl (C=O) groups is 8. The molecule has 4 atom stereocenters. The Labute approximate surface area is 252 Å². The molecule has 0 aliphatic heterocycles. The minimum atomic E-state index is -1.20. The number of hydrogen-bond acceptors (Lipinski definition) is 14. The average molecular weight is 643 g/mol. The fourth-order valence-electron chi connectivity index (χ4n) is 2.45. The summed E-state index contributed by atoms with van der Waals surface area (Å²) in [5, 5.41) is 26.5. The predicted molar refractivity (Wildman–Crippen MR) is 151 cm³/mol. The summed E-state index contributed by atoms with van der Waals surface area (Å²) < 4.78 is 8.71. The molecule has 0 aromatic heterocycles. The van der Waals surface area contributed by atoms with Gasteiger partial charge < -0.3 is 52.4 Å². The number of hydrogen-bond donors (Lipinski definition) is 10. The molecule has 0 fully saturated rings. The molecule has 4 amide bonds. The van der Waals surface area contributed by atoms with Crippen LogP contribution in [-0.2, 0) is 47.8 Å². The third-order valence-electron chi connectivity index (χ3n) is 4.94. The molecule has 240 valence electrons. The lowest BCUT2D eigenvalue weighted by atomic mass is 10.1. The van der Waals surface area contributed by atoms with Gasteiger partial charge in [-0.05, 0) is 12.8 Å². The van der Waals surface area contributed by atoms with E-state index in [-0.39, 0.29) is 50.3 Å². The highest BCUT2D eigenvalue weighted by Gasteiger charge is 2.22. The molecule has 10 N–H and O–H groups in total. The van der Waals surface area contributed by atoms with E-state index in [0.29, 0.717) is 0 Å². The lowest BCUT2D eigenvalue weighted by molar-refractivity contribution is -0.141. The van der Waals surface area contributed by atoms with Crippen molar-refractivity contribution in [3.05, 3.63) is 0 Å². The Morgan fingerprint density at radius 1 is 0.667 bits per heavy atom. The van der Waals surface area contributed by atoms with Gasteiger partial charge in [0.15, 0.2) is 0 Å². The molecular weight excluding hydrogens is 604 g/mol. The van der Waals surface area contributed by atoms with Crippen molar-refractivity contribution >= 4 is 72.8 Å². The Morgan fingerprint density at radius 3 is 1.21 bits per heavy atom. The predicted octanol–water partition coefficient (Wildman–Crippen LogP) is -4.24. The zero-order valence-electron chi connectivity index (χ0n) is 23.0. The number of aliphatic carboxylic acids is 2. The number of carbonyl (C=O) groups excluding carboxylic acids is 6. The van der Waals surface area contributed by atoms with Crippen LogP contribution >= 0.6 is 25.3 Å². The van der Waals surface area contributed by atoms with Crippen LogP contribution in [0.4, 0.5) is 0 Å². The number of methoxy groups -OCH3 is 2. The molecule has 0 saturated carbocycles. The maximum Gasteiger partial charge on any atom is 0.325 e. The normalized spacial score (nSPS) is 12.9. The number of nitrogens with one attached hydrogen (secondary N) is 4. The van der Waals surface area contributed by atoms with Crippen molar-refractivity contribution < 1.29 is 58.0 Å². The van der Waals surface area contributed by atoms with Gasteiger partial charge in [0.05, 0.1) is 14.2 Å². The molecule has 0 aliphatic rings. The number of rotatable bonds is 18. The van der Waals surface area contributed by atoms with Gasteiger partial charge in [-0.3, -0.25) is 38.4 Å². The maximum absolute atomic E-state index is 11.7. The van der Waals surface area contributed by atoms with Crippen molar-refractivity contribution in [2.45, 2.75) is 49.9 Å². The summed E-state index contributed by atoms with van der Waals surface area (Å²) in [5.74, 6) is -5.86. The Kier molecular flexibility index (Phi) is 22.2. The van der Waals surface area contributed by atoms with Gasteiger partial charge in [0.25, 0.3) is 0 Å². The van der Waals surface area contributed by atoms with Gasteiger partial charge in [-0.15, -0.1) is 0 Å². The number of thiol groups is 2. The second-order valence-electron chi connectivity index (χ2n) is 8.16. The Hall–Kier alpha value is -3.62. The van der Waals surface area contributed by atoms with Gasteiger partial charge in [-0.25, -0.2) is 0 Å². The van der Waals surface area contributed by atoms with E-state index in [0.717, 1.165) is 0 Å². The van der Waals surface area contributed by atoms with Crippen LogP contribution in [0.3, 0.4) is 0 Å². The van der Waals surface area contributed by atoms with E-state index < -0.39 is 71.7 Å². The van der Waals surface area contributed by atoms with Crippen molar-refractivity contribution in [2.24, 2.45) is 11.5 Å². The maximum atomic E-state index is 11.7. The molecule has 0 saturated heterocycles. The molecule has 2 unspecified atom stereocenters. The summed E-state index contributed by atoms with van der Waals surface area (Å²) in [6.45, 7) is -0.640. The molecule has 18 nitrogen and oxygen atoms in total. The summed E-state index contributed by atoms with van der Waals surface area (Å²) in [5.41, 5.74) is 10.5. The zero-order chi connectivity index (χ0) is 32.8. The van der Waals surface area contributed by atoms with E-state index >= 15 is 0 Å². The van der Waals surface area contributed by atoms with Crippen LogP contribution in [-0.4, -0.2) is 121 Å². The lowest BCUT2D eigenvalue weighted by Crippen LogP contribution is -2.49. The van der Waals surface area contributed by atoms with Crippen LogP contribution < -0.4 is 32.7 Å². The van der Waals surface area contributed by atoms with E-state index in [4.69, 9.17) is 21.7 Å². The number of esters is 2. The SMILES string of the molecule is COC(=O)CNC(=O)C(CS)NC(=O)CCC(N)C(=O)O.COC(=O)CNC(=O)[C@H](CS)NC(=O)CC[C@H](N)C(=O)O. The lowest BCUT2D eigenvalue weighted by Gasteiger charge is -2.16. The zero-order valence-corrected chi connectivity index (χ0v) is 24.8. The first-order valence-electron chi connectivity index (χ1n) is 12.1. The Bertz CT molecular complexity index is 881. The number of amides is 4. The van der Waals surface area contributed by atoms with Gasteiger partial charge >= 0.3 is 23.9 Å². The average Bonchev–Trinajstić information content (AvgIpc) is 2.96. The van der Waals surface area contributed by atoms with E-state index in [1.807, 2.05) is 0 Å². The second kappa shape index (κ2) is 23.0. The molecule has 0 rings (SSSR count). The molecule has 0 spiro atoms. The van der Waals surface area contributed by atoms with Crippen molar-refractivity contribution in [1.82, 2.24) is 21.3 Å². The molecule has 42 heavy (non-hydrogen) atoms. The van der Waals surface area contributed by atoms with E-state index in [2.05, 4.69) is 56.0 Å². The van der Waals surface area contributed by atoms with E-state index in [1.54, 1.807) is 0 Å². The Balaban J connectivity index is 0. The quantitative estimate of drug-likeness (QED) is 0.0501. The topological polar surface area (TPSA) is 296 Å². The van der Waals surface area contributed by atoms with Crippen LogP contribution in [0, 0.1) is 0 Å². The molecule has 0 heterocycles. The van der Waals surface area contributed by atoms with Crippen molar-refractivity contribution in [3.63, 3.8) is 0 Å². The van der Waals surface area contributed by atoms with Gasteiger partial charge in [0.1, 0.15) is 37.3 Å². The molecule has 0 aromatic carbocycles. The largest absolute Gasteiger partial charge is 0.480 e. The third-order valence-corrected chi connectivity index (χ3v) is 5.67. The van der Waals surface area contributed by atoms with Crippen LogP contribution in [0.25, 0.3) is 0 Å². The molecule has 0 bridgehead atoms. The fraction of sp³-hybridized carbons (Fsp3) is 0.636. The van der Waals surface area contributed by atoms with Crippen LogP contribution in [0.5, 0.6) is 0 Å². The third kappa shape index (κ3) is 19.5. The van der Waals surface area contributed by atoms with Crippen molar-refractivity contribution in [3.8, 4) is 0 Å². The van der Waals surface area contributed by atoms with Crippen molar-refractivity contribution in [2.75, 3.05) is 38.8 Å². The standard InChI is InChI=1S/2C11H19N3O6S/c2*1-20-9(16)4-13-10(17)7(5-21)14-8(15)3-2-6(12)11(18)19/h2*6-7,21H,2-5,12H2,1H3,(H,13,17)(H,14,15)(H,18,19)/t6-,7-;/m0./s1. The molecule has 0 radical (unpaired) electrons. The van der Waals surface area contributed by atoms with Gasteiger partial charge in [-0.1, -0.05) is 0 Å². The van der Waals surface area contributed by atoms with E-state index in [9.17, 15) is 38.4 Å². The number of carboxylic acid groups (broad SMARTS) is 2. The van der Waals surface area contributed by atoms with E-state index in [1.165, 1.54) is 14.2 Å². The summed E-state index contributed by atoms with van der Waals surface area (Å²) in [6.07, 6.45) is -0.376. The minimum absolute atomic E-state index is 0.0176. The van der Waals surface area contributed by atoms with Crippen LogP contribution in [0.15, 0.2) is 0 Å². The summed E-state index contributed by atoms with van der Waals surface area (Å²) >= 11 is 7.86. The highest BCUT2D eigenvalue weighted by Crippen LogP contribution is 1.98. The highest BCUT2D eigenvalue weighted by atomic mass is 32.1. The Morgan fingerprint density at radius 2 is 0.976 bits per heavy atom. The molecule has 0 aliphatic carbocycles. The first-order valence-corrected chi connectivity index (χ1v) is 13.4. The number of carboxylic acids is 2. The monoisotopic (exact) mass is 642 g/mol. The van der Waals surface area contributed by atoms with Gasteiger partial charge in [0.2, 0.25) is 23.6 Å². The minimum Gasteiger partial charge on any atom is -0.480 e. The first-order chi connectivity index (χ1) is 19.6. The molecular formula is C22H38N6O12S2. The summed E-state index contributed by atoms with van der Waals surface area (Å²) in [6, 6.07) is -4.16. The second-order valence-corrected chi connectivity index (χ2v) is 8.89. The van der Waals surface area contributed by atoms with Crippen LogP contribution in [0.2, 0.25) is 0 Å². The van der Waals surface area contributed by atoms with Crippen LogP contribution in [0.1, 0.15) is 25.7 Å². The van der Waals surface area contributed by atoms with Crippen molar-refractivity contribution in [1.29, 1.82) is 0 Å².